The van der Waals surface area contributed by atoms with Crippen LogP contribution < -0.4 is 5.32 Å². The average Bonchev–Trinajstić information content (AvgIpc) is 3.10. The molecule has 0 aliphatic heterocycles. The minimum atomic E-state index is 0.218. The molecule has 3 nitrogen and oxygen atoms in total. The molecule has 5 heteroatoms. The van der Waals surface area contributed by atoms with Crippen LogP contribution in [0.1, 0.15) is 36.0 Å². The molecule has 110 valence electrons. The van der Waals surface area contributed by atoms with E-state index in [1.165, 1.54) is 29.9 Å². The number of hydrogen-bond donors (Lipinski definition) is 1. The van der Waals surface area contributed by atoms with E-state index >= 15 is 0 Å². The van der Waals surface area contributed by atoms with Crippen molar-refractivity contribution in [2.75, 3.05) is 18.6 Å². The lowest BCUT2D eigenvalue weighted by molar-refractivity contribution is 0.540. The Morgan fingerprint density at radius 1 is 1.40 bits per heavy atom. The standard InChI is InChI=1S/C15H23N3S2/c1-18-10-9-17-15(18)14(13-7-6-12-20-13)16-8-4-3-5-11-19-2/h6-7,9-10,12,14,16H,3-5,8,11H2,1-2H3. The molecule has 0 saturated carbocycles. The predicted octanol–water partition coefficient (Wildman–Crippen LogP) is 3.69. The molecule has 0 aliphatic carbocycles. The number of aryl methyl sites for hydroxylation is 1. The van der Waals surface area contributed by atoms with E-state index in [2.05, 4.69) is 45.7 Å². The van der Waals surface area contributed by atoms with Crippen LogP contribution in [0.2, 0.25) is 0 Å². The molecule has 0 aliphatic rings. The van der Waals surface area contributed by atoms with Crippen LogP contribution in [0.3, 0.4) is 0 Å². The molecule has 0 aromatic carbocycles. The number of thioether (sulfide) groups is 1. The Morgan fingerprint density at radius 3 is 2.95 bits per heavy atom. The van der Waals surface area contributed by atoms with Gasteiger partial charge in [0.1, 0.15) is 11.9 Å². The molecular formula is C15H23N3S2. The van der Waals surface area contributed by atoms with Gasteiger partial charge in [-0.2, -0.15) is 11.8 Å². The van der Waals surface area contributed by atoms with Gasteiger partial charge in [0.2, 0.25) is 0 Å². The summed E-state index contributed by atoms with van der Waals surface area (Å²) in [5, 5.41) is 5.79. The van der Waals surface area contributed by atoms with E-state index in [-0.39, 0.29) is 6.04 Å². The summed E-state index contributed by atoms with van der Waals surface area (Å²) in [5.74, 6) is 2.37. The zero-order valence-electron chi connectivity index (χ0n) is 12.2. The summed E-state index contributed by atoms with van der Waals surface area (Å²) < 4.78 is 2.10. The molecule has 0 amide bonds. The Labute approximate surface area is 129 Å². The summed E-state index contributed by atoms with van der Waals surface area (Å²) in [6.45, 7) is 1.05. The van der Waals surface area contributed by atoms with Gasteiger partial charge in [0, 0.05) is 24.3 Å². The molecule has 0 fully saturated rings. The Bertz CT molecular complexity index is 479. The highest BCUT2D eigenvalue weighted by Crippen LogP contribution is 2.24. The van der Waals surface area contributed by atoms with Gasteiger partial charge in [-0.3, -0.25) is 0 Å². The van der Waals surface area contributed by atoms with Crippen molar-refractivity contribution < 1.29 is 0 Å². The highest BCUT2D eigenvalue weighted by atomic mass is 32.2. The summed E-state index contributed by atoms with van der Waals surface area (Å²) in [4.78, 5) is 5.84. The molecule has 0 spiro atoms. The van der Waals surface area contributed by atoms with Crippen LogP contribution in [-0.4, -0.2) is 28.1 Å². The first kappa shape index (κ1) is 15.6. The number of unbranched alkanes of at least 4 members (excludes halogenated alkanes) is 2. The van der Waals surface area contributed by atoms with Crippen molar-refractivity contribution >= 4 is 23.1 Å². The van der Waals surface area contributed by atoms with E-state index < -0.39 is 0 Å². The highest BCUT2D eigenvalue weighted by molar-refractivity contribution is 7.98. The van der Waals surface area contributed by atoms with Crippen molar-refractivity contribution in [3.8, 4) is 0 Å². The lowest BCUT2D eigenvalue weighted by Crippen LogP contribution is -2.25. The zero-order chi connectivity index (χ0) is 14.2. The molecule has 20 heavy (non-hydrogen) atoms. The van der Waals surface area contributed by atoms with Gasteiger partial charge in [0.05, 0.1) is 0 Å². The van der Waals surface area contributed by atoms with E-state index in [1.54, 1.807) is 11.3 Å². The van der Waals surface area contributed by atoms with Gasteiger partial charge in [-0.15, -0.1) is 11.3 Å². The normalized spacial score (nSPS) is 12.7. The van der Waals surface area contributed by atoms with Gasteiger partial charge in [-0.05, 0) is 42.8 Å². The molecule has 0 radical (unpaired) electrons. The average molecular weight is 310 g/mol. The number of rotatable bonds is 9. The van der Waals surface area contributed by atoms with E-state index in [0.29, 0.717) is 0 Å². The molecule has 0 bridgehead atoms. The second kappa shape index (κ2) is 8.49. The fourth-order valence-corrected chi connectivity index (χ4v) is 3.51. The number of imidazole rings is 1. The third-order valence-electron chi connectivity index (χ3n) is 3.32. The van der Waals surface area contributed by atoms with Crippen LogP contribution in [0.15, 0.2) is 29.9 Å². The molecule has 2 heterocycles. The number of nitrogens with one attached hydrogen (secondary N) is 1. The first-order valence-electron chi connectivity index (χ1n) is 7.06. The zero-order valence-corrected chi connectivity index (χ0v) is 13.8. The first-order chi connectivity index (χ1) is 9.83. The maximum absolute atomic E-state index is 4.50. The second-order valence-electron chi connectivity index (χ2n) is 4.85. The van der Waals surface area contributed by atoms with Crippen LogP contribution in [0.4, 0.5) is 0 Å². The van der Waals surface area contributed by atoms with Crippen LogP contribution in [0.25, 0.3) is 0 Å². The molecular weight excluding hydrogens is 286 g/mol. The molecule has 1 unspecified atom stereocenters. The van der Waals surface area contributed by atoms with E-state index in [9.17, 15) is 0 Å². The van der Waals surface area contributed by atoms with Crippen LogP contribution in [-0.2, 0) is 7.05 Å². The van der Waals surface area contributed by atoms with Crippen molar-refractivity contribution in [3.63, 3.8) is 0 Å². The number of aromatic nitrogens is 2. The molecule has 2 aromatic heterocycles. The summed E-state index contributed by atoms with van der Waals surface area (Å²) in [5.41, 5.74) is 0. The third kappa shape index (κ3) is 4.36. The van der Waals surface area contributed by atoms with Crippen LogP contribution in [0.5, 0.6) is 0 Å². The van der Waals surface area contributed by atoms with Gasteiger partial charge in [0.25, 0.3) is 0 Å². The minimum Gasteiger partial charge on any atom is -0.336 e. The lowest BCUT2D eigenvalue weighted by atomic mass is 10.2. The maximum atomic E-state index is 4.50. The van der Waals surface area contributed by atoms with Gasteiger partial charge in [-0.25, -0.2) is 4.98 Å². The fraction of sp³-hybridized carbons (Fsp3) is 0.533. The Morgan fingerprint density at radius 2 is 2.30 bits per heavy atom. The smallest absolute Gasteiger partial charge is 0.131 e. The summed E-state index contributed by atoms with van der Waals surface area (Å²) in [7, 11) is 2.06. The van der Waals surface area contributed by atoms with Crippen molar-refractivity contribution in [2.45, 2.75) is 25.3 Å². The number of hydrogen-bond acceptors (Lipinski definition) is 4. The Kier molecular flexibility index (Phi) is 6.63. The van der Waals surface area contributed by atoms with Crippen molar-refractivity contribution in [1.29, 1.82) is 0 Å². The minimum absolute atomic E-state index is 0.218. The highest BCUT2D eigenvalue weighted by Gasteiger charge is 2.18. The maximum Gasteiger partial charge on any atom is 0.131 e. The Balaban J connectivity index is 1.90. The summed E-state index contributed by atoms with van der Waals surface area (Å²) >= 11 is 3.72. The molecule has 2 aromatic rings. The number of nitrogens with zero attached hydrogens (tertiary/aromatic N) is 2. The topological polar surface area (TPSA) is 29.9 Å². The Hall–Kier alpha value is -0.780. The van der Waals surface area contributed by atoms with Gasteiger partial charge >= 0.3 is 0 Å². The van der Waals surface area contributed by atoms with E-state index in [4.69, 9.17) is 0 Å². The summed E-state index contributed by atoms with van der Waals surface area (Å²) in [6, 6.07) is 4.51. The van der Waals surface area contributed by atoms with E-state index in [0.717, 1.165) is 12.4 Å². The van der Waals surface area contributed by atoms with Crippen LogP contribution in [0, 0.1) is 0 Å². The quantitative estimate of drug-likeness (QED) is 0.716. The van der Waals surface area contributed by atoms with Gasteiger partial charge in [-0.1, -0.05) is 12.5 Å². The molecule has 1 N–H and O–H groups in total. The summed E-state index contributed by atoms with van der Waals surface area (Å²) in [6.07, 6.45) is 9.89. The predicted molar refractivity (Wildman–Crippen MR) is 89.6 cm³/mol. The lowest BCUT2D eigenvalue weighted by Gasteiger charge is -2.17. The molecule has 1 atom stereocenters. The van der Waals surface area contributed by atoms with Crippen LogP contribution >= 0.6 is 23.1 Å². The van der Waals surface area contributed by atoms with E-state index in [1.807, 2.05) is 24.2 Å². The first-order valence-corrected chi connectivity index (χ1v) is 9.33. The largest absolute Gasteiger partial charge is 0.336 e. The van der Waals surface area contributed by atoms with Gasteiger partial charge < -0.3 is 9.88 Å². The van der Waals surface area contributed by atoms with Crippen molar-refractivity contribution in [2.24, 2.45) is 7.05 Å². The number of thiophene rings is 1. The van der Waals surface area contributed by atoms with Crippen molar-refractivity contribution in [1.82, 2.24) is 14.9 Å². The monoisotopic (exact) mass is 309 g/mol. The van der Waals surface area contributed by atoms with Gasteiger partial charge in [0.15, 0.2) is 0 Å². The SMILES string of the molecule is CSCCCCCNC(c1cccs1)c1nccn1C. The molecule has 0 saturated heterocycles. The fourth-order valence-electron chi connectivity index (χ4n) is 2.22. The molecule has 2 rings (SSSR count). The second-order valence-corrected chi connectivity index (χ2v) is 6.82. The third-order valence-corrected chi connectivity index (χ3v) is 4.95. The van der Waals surface area contributed by atoms with Crippen molar-refractivity contribution in [3.05, 3.63) is 40.6 Å².